The summed E-state index contributed by atoms with van der Waals surface area (Å²) in [5.74, 6) is 0. The lowest BCUT2D eigenvalue weighted by atomic mass is 10.2. The molecular weight excluding hydrogens is 288 g/mol. The predicted octanol–water partition coefficient (Wildman–Crippen LogP) is 1.48. The Bertz CT molecular complexity index is 705. The molecule has 0 saturated carbocycles. The molecule has 1 aromatic heterocycles. The minimum Gasteiger partial charge on any atom is -0.326 e. The molecule has 2 N–H and O–H groups in total. The average Bonchev–Trinajstić information content (AvgIpc) is 2.86. The summed E-state index contributed by atoms with van der Waals surface area (Å²) in [5.41, 5.74) is 7.15. The lowest BCUT2D eigenvalue weighted by Gasteiger charge is -2.27. The fourth-order valence-electron chi connectivity index (χ4n) is 2.14. The second-order valence-corrected chi connectivity index (χ2v) is 6.93. The van der Waals surface area contributed by atoms with Gasteiger partial charge in [0.25, 0.3) is 10.0 Å². The summed E-state index contributed by atoms with van der Waals surface area (Å²) < 4.78 is 28.4. The molecule has 21 heavy (non-hydrogen) atoms. The zero-order valence-corrected chi connectivity index (χ0v) is 13.2. The highest BCUT2D eigenvalue weighted by atomic mass is 32.2. The Hall–Kier alpha value is -1.86. The van der Waals surface area contributed by atoms with Crippen LogP contribution in [0.2, 0.25) is 0 Å². The number of aromatic nitrogens is 2. The van der Waals surface area contributed by atoms with Crippen molar-refractivity contribution in [3.63, 3.8) is 0 Å². The van der Waals surface area contributed by atoms with Crippen LogP contribution in [0.1, 0.15) is 19.4 Å². The van der Waals surface area contributed by atoms with Crippen molar-refractivity contribution in [2.45, 2.75) is 31.3 Å². The highest BCUT2D eigenvalue weighted by Gasteiger charge is 2.28. The Morgan fingerprint density at radius 2 is 1.90 bits per heavy atom. The van der Waals surface area contributed by atoms with Gasteiger partial charge in [-0.3, -0.25) is 8.99 Å². The molecule has 7 heteroatoms. The third-order valence-electron chi connectivity index (χ3n) is 3.13. The number of anilines is 1. The molecule has 1 heterocycles. The van der Waals surface area contributed by atoms with Crippen LogP contribution in [0.4, 0.5) is 5.69 Å². The standard InChI is InChI=1S/C14H20N4O2S/c1-11(2)18(13-6-4-12(8-15)5-7-13)21(19,20)14-9-16-17(3)10-14/h4-7,9-11H,8,15H2,1-3H3. The summed E-state index contributed by atoms with van der Waals surface area (Å²) in [5, 5.41) is 3.94. The highest BCUT2D eigenvalue weighted by molar-refractivity contribution is 7.92. The Balaban J connectivity index is 2.47. The second-order valence-electron chi connectivity index (χ2n) is 5.11. The van der Waals surface area contributed by atoms with E-state index in [1.807, 2.05) is 26.0 Å². The molecule has 0 unspecified atom stereocenters. The summed E-state index contributed by atoms with van der Waals surface area (Å²) in [6.45, 7) is 4.10. The van der Waals surface area contributed by atoms with E-state index in [1.54, 1.807) is 19.2 Å². The van der Waals surface area contributed by atoms with Gasteiger partial charge >= 0.3 is 0 Å². The van der Waals surface area contributed by atoms with Crippen molar-refractivity contribution in [1.29, 1.82) is 0 Å². The lowest BCUT2D eigenvalue weighted by Crippen LogP contribution is -2.36. The van der Waals surface area contributed by atoms with Gasteiger partial charge in [-0.05, 0) is 31.5 Å². The van der Waals surface area contributed by atoms with E-state index in [4.69, 9.17) is 5.73 Å². The van der Waals surface area contributed by atoms with Crippen molar-refractivity contribution in [1.82, 2.24) is 9.78 Å². The molecule has 0 aliphatic heterocycles. The van der Waals surface area contributed by atoms with Gasteiger partial charge in [-0.25, -0.2) is 8.42 Å². The molecule has 0 radical (unpaired) electrons. The Labute approximate surface area is 125 Å². The highest BCUT2D eigenvalue weighted by Crippen LogP contribution is 2.26. The van der Waals surface area contributed by atoms with Gasteiger partial charge < -0.3 is 5.73 Å². The van der Waals surface area contributed by atoms with Crippen LogP contribution in [0, 0.1) is 0 Å². The molecule has 6 nitrogen and oxygen atoms in total. The van der Waals surface area contributed by atoms with Crippen molar-refractivity contribution in [2.24, 2.45) is 12.8 Å². The zero-order valence-electron chi connectivity index (χ0n) is 12.4. The van der Waals surface area contributed by atoms with E-state index in [9.17, 15) is 8.42 Å². The van der Waals surface area contributed by atoms with Gasteiger partial charge in [0, 0.05) is 25.8 Å². The van der Waals surface area contributed by atoms with Crippen LogP contribution in [-0.4, -0.2) is 24.2 Å². The molecule has 1 aromatic carbocycles. The molecule has 0 spiro atoms. The minimum absolute atomic E-state index is 0.182. The fraction of sp³-hybridized carbons (Fsp3) is 0.357. The smallest absolute Gasteiger partial charge is 0.267 e. The Morgan fingerprint density at radius 1 is 1.29 bits per heavy atom. The Kier molecular flexibility index (Phi) is 4.34. The summed E-state index contributed by atoms with van der Waals surface area (Å²) in [6.07, 6.45) is 2.86. The maximum absolute atomic E-state index is 12.8. The molecule has 114 valence electrons. The average molecular weight is 308 g/mol. The molecule has 0 fully saturated rings. The van der Waals surface area contributed by atoms with Gasteiger partial charge in [0.15, 0.2) is 0 Å². The van der Waals surface area contributed by atoms with Crippen molar-refractivity contribution in [3.05, 3.63) is 42.2 Å². The number of hydrogen-bond acceptors (Lipinski definition) is 4. The summed E-state index contributed by atoms with van der Waals surface area (Å²) in [7, 11) is -1.94. The van der Waals surface area contributed by atoms with E-state index in [2.05, 4.69) is 5.10 Å². The summed E-state index contributed by atoms with van der Waals surface area (Å²) in [4.78, 5) is 0.182. The minimum atomic E-state index is -3.63. The molecular formula is C14H20N4O2S. The van der Waals surface area contributed by atoms with Crippen LogP contribution in [0.5, 0.6) is 0 Å². The van der Waals surface area contributed by atoms with E-state index in [-0.39, 0.29) is 10.9 Å². The van der Waals surface area contributed by atoms with E-state index < -0.39 is 10.0 Å². The number of hydrogen-bond donors (Lipinski definition) is 1. The first-order valence-corrected chi connectivity index (χ1v) is 8.12. The van der Waals surface area contributed by atoms with Gasteiger partial charge in [0.05, 0.1) is 11.9 Å². The monoisotopic (exact) mass is 308 g/mol. The summed E-state index contributed by atoms with van der Waals surface area (Å²) in [6, 6.07) is 7.01. The van der Waals surface area contributed by atoms with Crippen molar-refractivity contribution < 1.29 is 8.42 Å². The van der Waals surface area contributed by atoms with Crippen molar-refractivity contribution in [2.75, 3.05) is 4.31 Å². The molecule has 0 bridgehead atoms. The first-order chi connectivity index (χ1) is 9.86. The number of rotatable bonds is 5. The van der Waals surface area contributed by atoms with Gasteiger partial charge in [0.1, 0.15) is 4.90 Å². The first-order valence-electron chi connectivity index (χ1n) is 6.68. The van der Waals surface area contributed by atoms with Crippen LogP contribution < -0.4 is 10.0 Å². The second kappa shape index (κ2) is 5.87. The number of sulfonamides is 1. The molecule has 0 atom stereocenters. The zero-order chi connectivity index (χ0) is 15.6. The van der Waals surface area contributed by atoms with E-state index in [1.165, 1.54) is 21.4 Å². The molecule has 0 aliphatic rings. The van der Waals surface area contributed by atoms with E-state index in [0.717, 1.165) is 5.56 Å². The van der Waals surface area contributed by atoms with Gasteiger partial charge in [-0.1, -0.05) is 12.1 Å². The third kappa shape index (κ3) is 3.08. The number of nitrogens with two attached hydrogens (primary N) is 1. The number of benzene rings is 1. The van der Waals surface area contributed by atoms with Crippen molar-refractivity contribution >= 4 is 15.7 Å². The quantitative estimate of drug-likeness (QED) is 0.907. The molecule has 0 amide bonds. The van der Waals surface area contributed by atoms with Gasteiger partial charge in [-0.2, -0.15) is 5.10 Å². The van der Waals surface area contributed by atoms with Crippen molar-refractivity contribution in [3.8, 4) is 0 Å². The maximum Gasteiger partial charge on any atom is 0.267 e. The molecule has 2 rings (SSSR count). The maximum atomic E-state index is 12.8. The molecule has 0 saturated heterocycles. The van der Waals surface area contributed by atoms with Crippen LogP contribution in [0.25, 0.3) is 0 Å². The van der Waals surface area contributed by atoms with E-state index in [0.29, 0.717) is 12.2 Å². The Morgan fingerprint density at radius 3 is 2.33 bits per heavy atom. The molecule has 0 aliphatic carbocycles. The largest absolute Gasteiger partial charge is 0.326 e. The van der Waals surface area contributed by atoms with Crippen LogP contribution >= 0.6 is 0 Å². The van der Waals surface area contributed by atoms with Gasteiger partial charge in [0.2, 0.25) is 0 Å². The topological polar surface area (TPSA) is 81.2 Å². The SMILES string of the molecule is CC(C)N(c1ccc(CN)cc1)S(=O)(=O)c1cnn(C)c1. The van der Waals surface area contributed by atoms with Crippen LogP contribution in [-0.2, 0) is 23.6 Å². The predicted molar refractivity (Wildman–Crippen MR) is 82.3 cm³/mol. The first kappa shape index (κ1) is 15.5. The van der Waals surface area contributed by atoms with Crippen LogP contribution in [0.15, 0.2) is 41.6 Å². The lowest BCUT2D eigenvalue weighted by molar-refractivity contribution is 0.584. The number of nitrogens with zero attached hydrogens (tertiary/aromatic N) is 3. The fourth-order valence-corrected chi connectivity index (χ4v) is 3.79. The number of aryl methyl sites for hydroxylation is 1. The normalized spacial score (nSPS) is 11.9. The third-order valence-corrected chi connectivity index (χ3v) is 5.09. The van der Waals surface area contributed by atoms with Gasteiger partial charge in [-0.15, -0.1) is 0 Å². The summed E-state index contributed by atoms with van der Waals surface area (Å²) >= 11 is 0. The van der Waals surface area contributed by atoms with Crippen LogP contribution in [0.3, 0.4) is 0 Å². The van der Waals surface area contributed by atoms with E-state index >= 15 is 0 Å². The molecule has 2 aromatic rings.